The first-order valence-corrected chi connectivity index (χ1v) is 6.60. The Morgan fingerprint density at radius 3 is 2.82 bits per heavy atom. The van der Waals surface area contributed by atoms with Crippen LogP contribution in [0.3, 0.4) is 0 Å². The number of pyridine rings is 1. The molecule has 0 spiro atoms. The third-order valence-electron chi connectivity index (χ3n) is 3.74. The number of nitrogens with one attached hydrogen (secondary N) is 1. The zero-order chi connectivity index (χ0) is 12.1. The van der Waals surface area contributed by atoms with Crippen molar-refractivity contribution in [1.29, 1.82) is 0 Å². The fourth-order valence-electron chi connectivity index (χ4n) is 2.53. The summed E-state index contributed by atoms with van der Waals surface area (Å²) in [7, 11) is 0. The van der Waals surface area contributed by atoms with Crippen LogP contribution in [0, 0.1) is 17.7 Å². The molecule has 1 aromatic heterocycles. The Kier molecular flexibility index (Phi) is 4.35. The smallest absolute Gasteiger partial charge is 0.165 e. The van der Waals surface area contributed by atoms with Crippen LogP contribution in [0.5, 0.6) is 0 Å². The molecule has 0 aromatic carbocycles. The molecule has 1 aliphatic carbocycles. The standard InChI is InChI=1S/C14H21FN2/c1-11-4-6-12(7-5-11)8-10-17-14-13(15)3-2-9-16-14/h2-3,9,11-12H,4-8,10H2,1H3,(H,16,17). The van der Waals surface area contributed by atoms with Gasteiger partial charge in [0.05, 0.1) is 0 Å². The van der Waals surface area contributed by atoms with E-state index in [1.807, 2.05) is 0 Å². The molecule has 0 aliphatic heterocycles. The Labute approximate surface area is 103 Å². The Bertz CT molecular complexity index is 346. The molecule has 0 bridgehead atoms. The Morgan fingerprint density at radius 2 is 2.12 bits per heavy atom. The van der Waals surface area contributed by atoms with E-state index >= 15 is 0 Å². The summed E-state index contributed by atoms with van der Waals surface area (Å²) < 4.78 is 13.3. The minimum absolute atomic E-state index is 0.259. The molecule has 0 amide bonds. The number of anilines is 1. The summed E-state index contributed by atoms with van der Waals surface area (Å²) in [4.78, 5) is 3.99. The molecule has 1 heterocycles. The van der Waals surface area contributed by atoms with Gasteiger partial charge in [0.25, 0.3) is 0 Å². The first-order chi connectivity index (χ1) is 8.25. The van der Waals surface area contributed by atoms with Crippen molar-refractivity contribution in [3.8, 4) is 0 Å². The maximum absolute atomic E-state index is 13.3. The summed E-state index contributed by atoms with van der Waals surface area (Å²) in [6.45, 7) is 3.16. The van der Waals surface area contributed by atoms with Gasteiger partial charge in [-0.05, 0) is 30.4 Å². The molecule has 1 saturated carbocycles. The van der Waals surface area contributed by atoms with E-state index in [1.54, 1.807) is 12.3 Å². The van der Waals surface area contributed by atoms with Crippen molar-refractivity contribution in [3.63, 3.8) is 0 Å². The fraction of sp³-hybridized carbons (Fsp3) is 0.643. The largest absolute Gasteiger partial charge is 0.368 e. The van der Waals surface area contributed by atoms with Gasteiger partial charge in [-0.2, -0.15) is 0 Å². The van der Waals surface area contributed by atoms with Gasteiger partial charge < -0.3 is 5.32 Å². The Balaban J connectivity index is 1.71. The van der Waals surface area contributed by atoms with Gasteiger partial charge in [-0.3, -0.25) is 0 Å². The quantitative estimate of drug-likeness (QED) is 0.859. The number of hydrogen-bond acceptors (Lipinski definition) is 2. The molecule has 0 atom stereocenters. The average Bonchev–Trinajstić information content (AvgIpc) is 2.34. The first-order valence-electron chi connectivity index (χ1n) is 6.60. The van der Waals surface area contributed by atoms with Crippen LogP contribution in [0.25, 0.3) is 0 Å². The highest BCUT2D eigenvalue weighted by molar-refractivity contribution is 5.35. The second-order valence-corrected chi connectivity index (χ2v) is 5.18. The number of rotatable bonds is 4. The summed E-state index contributed by atoms with van der Waals surface area (Å²) in [5.74, 6) is 1.83. The Hall–Kier alpha value is -1.12. The van der Waals surface area contributed by atoms with Crippen LogP contribution in [0.4, 0.5) is 10.2 Å². The minimum Gasteiger partial charge on any atom is -0.368 e. The number of hydrogen-bond donors (Lipinski definition) is 1. The van der Waals surface area contributed by atoms with Crippen LogP contribution in [0.15, 0.2) is 18.3 Å². The van der Waals surface area contributed by atoms with Gasteiger partial charge >= 0.3 is 0 Å². The minimum atomic E-state index is -0.259. The van der Waals surface area contributed by atoms with Crippen molar-refractivity contribution in [2.24, 2.45) is 11.8 Å². The van der Waals surface area contributed by atoms with Crippen LogP contribution in [-0.4, -0.2) is 11.5 Å². The molecule has 1 aliphatic rings. The lowest BCUT2D eigenvalue weighted by Crippen LogP contribution is -2.16. The second kappa shape index (κ2) is 5.99. The number of nitrogens with zero attached hydrogens (tertiary/aromatic N) is 1. The third-order valence-corrected chi connectivity index (χ3v) is 3.74. The monoisotopic (exact) mass is 236 g/mol. The highest BCUT2D eigenvalue weighted by atomic mass is 19.1. The highest BCUT2D eigenvalue weighted by Gasteiger charge is 2.17. The average molecular weight is 236 g/mol. The molecule has 1 fully saturated rings. The highest BCUT2D eigenvalue weighted by Crippen LogP contribution is 2.30. The van der Waals surface area contributed by atoms with Gasteiger partial charge in [0, 0.05) is 12.7 Å². The van der Waals surface area contributed by atoms with Gasteiger partial charge in [0.2, 0.25) is 0 Å². The summed E-state index contributed by atoms with van der Waals surface area (Å²) in [5.41, 5.74) is 0. The fourth-order valence-corrected chi connectivity index (χ4v) is 2.53. The van der Waals surface area contributed by atoms with Crippen molar-refractivity contribution >= 4 is 5.82 Å². The van der Waals surface area contributed by atoms with Crippen LogP contribution in [-0.2, 0) is 0 Å². The molecule has 94 valence electrons. The lowest BCUT2D eigenvalue weighted by molar-refractivity contribution is 0.282. The van der Waals surface area contributed by atoms with Crippen LogP contribution in [0.1, 0.15) is 39.0 Å². The van der Waals surface area contributed by atoms with E-state index in [9.17, 15) is 4.39 Å². The third kappa shape index (κ3) is 3.69. The van der Waals surface area contributed by atoms with E-state index in [1.165, 1.54) is 31.7 Å². The molecule has 0 radical (unpaired) electrons. The molecular formula is C14H21FN2. The van der Waals surface area contributed by atoms with Gasteiger partial charge in [0.15, 0.2) is 11.6 Å². The van der Waals surface area contributed by atoms with E-state index in [2.05, 4.69) is 17.2 Å². The maximum atomic E-state index is 13.3. The SMILES string of the molecule is CC1CCC(CCNc2ncccc2F)CC1. The predicted molar refractivity (Wildman–Crippen MR) is 68.4 cm³/mol. The van der Waals surface area contributed by atoms with E-state index in [0.29, 0.717) is 5.82 Å². The van der Waals surface area contributed by atoms with Gasteiger partial charge in [-0.25, -0.2) is 9.37 Å². The molecule has 3 heteroatoms. The van der Waals surface area contributed by atoms with Gasteiger partial charge in [-0.1, -0.05) is 32.6 Å². The van der Waals surface area contributed by atoms with Crippen LogP contribution in [0.2, 0.25) is 0 Å². The molecule has 1 aromatic rings. The molecule has 2 rings (SSSR count). The number of aromatic nitrogens is 1. The van der Waals surface area contributed by atoms with Crippen molar-refractivity contribution in [3.05, 3.63) is 24.1 Å². The molecule has 2 nitrogen and oxygen atoms in total. The molecular weight excluding hydrogens is 215 g/mol. The molecule has 1 N–H and O–H groups in total. The predicted octanol–water partition coefficient (Wildman–Crippen LogP) is 3.85. The van der Waals surface area contributed by atoms with E-state index < -0.39 is 0 Å². The van der Waals surface area contributed by atoms with Crippen molar-refractivity contribution in [2.75, 3.05) is 11.9 Å². The lowest BCUT2D eigenvalue weighted by Gasteiger charge is -2.26. The first kappa shape index (κ1) is 12.3. The summed E-state index contributed by atoms with van der Waals surface area (Å²) >= 11 is 0. The van der Waals surface area contributed by atoms with Crippen LogP contribution >= 0.6 is 0 Å². The topological polar surface area (TPSA) is 24.9 Å². The number of halogens is 1. The van der Waals surface area contributed by atoms with Crippen LogP contribution < -0.4 is 5.32 Å². The van der Waals surface area contributed by atoms with E-state index in [0.717, 1.165) is 24.8 Å². The maximum Gasteiger partial charge on any atom is 0.165 e. The molecule has 17 heavy (non-hydrogen) atoms. The normalized spacial score (nSPS) is 24.6. The summed E-state index contributed by atoms with van der Waals surface area (Å²) in [6, 6.07) is 3.06. The lowest BCUT2D eigenvalue weighted by atomic mass is 9.81. The van der Waals surface area contributed by atoms with Gasteiger partial charge in [0.1, 0.15) is 0 Å². The zero-order valence-corrected chi connectivity index (χ0v) is 10.5. The van der Waals surface area contributed by atoms with Crippen molar-refractivity contribution < 1.29 is 4.39 Å². The van der Waals surface area contributed by atoms with E-state index in [4.69, 9.17) is 0 Å². The molecule has 0 unspecified atom stereocenters. The zero-order valence-electron chi connectivity index (χ0n) is 10.5. The van der Waals surface area contributed by atoms with Gasteiger partial charge in [-0.15, -0.1) is 0 Å². The van der Waals surface area contributed by atoms with Crippen molar-refractivity contribution in [2.45, 2.75) is 39.0 Å². The second-order valence-electron chi connectivity index (χ2n) is 5.18. The summed E-state index contributed by atoms with van der Waals surface area (Å²) in [6.07, 6.45) is 8.10. The van der Waals surface area contributed by atoms with Crippen molar-refractivity contribution in [1.82, 2.24) is 4.98 Å². The Morgan fingerprint density at radius 1 is 1.35 bits per heavy atom. The summed E-state index contributed by atoms with van der Waals surface area (Å²) in [5, 5.41) is 3.09. The molecule has 0 saturated heterocycles. The van der Waals surface area contributed by atoms with E-state index in [-0.39, 0.29) is 5.82 Å².